The first kappa shape index (κ1) is 16.7. The lowest BCUT2D eigenvalue weighted by atomic mass is 10.1. The number of likely N-dealkylation sites (N-methyl/N-ethyl adjacent to an activating group) is 1. The molecule has 3 aromatic rings. The summed E-state index contributed by atoms with van der Waals surface area (Å²) in [4.78, 5) is 6.42. The van der Waals surface area contributed by atoms with Gasteiger partial charge in [-0.05, 0) is 31.8 Å². The minimum absolute atomic E-state index is 0.151. The summed E-state index contributed by atoms with van der Waals surface area (Å²) in [6.45, 7) is 0.606. The molecule has 0 aliphatic rings. The molecule has 0 saturated heterocycles. The molecule has 0 amide bonds. The lowest BCUT2D eigenvalue weighted by Crippen LogP contribution is -2.26. The van der Waals surface area contributed by atoms with Gasteiger partial charge >= 0.3 is 0 Å². The normalized spacial score (nSPS) is 11.9. The van der Waals surface area contributed by atoms with Gasteiger partial charge in [-0.3, -0.25) is 0 Å². The number of nitriles is 1. The molecule has 0 aliphatic heterocycles. The average Bonchev–Trinajstić information content (AvgIpc) is 3.06. The molecule has 126 valence electrons. The Bertz CT molecular complexity index is 850. The van der Waals surface area contributed by atoms with Gasteiger partial charge in [0.25, 0.3) is 0 Å². The summed E-state index contributed by atoms with van der Waals surface area (Å²) >= 11 is 0. The lowest BCUT2D eigenvalue weighted by Gasteiger charge is -2.24. The summed E-state index contributed by atoms with van der Waals surface area (Å²) in [6, 6.07) is 22.0. The van der Waals surface area contributed by atoms with Crippen molar-refractivity contribution in [1.82, 2.24) is 9.88 Å². The molecule has 0 radical (unpaired) electrons. The van der Waals surface area contributed by atoms with Crippen molar-refractivity contribution in [3.63, 3.8) is 0 Å². The second kappa shape index (κ2) is 7.65. The standard InChI is InChI=1S/C20H20N4O/c1-24(2)18(15-9-5-3-6-10-15)14-22-20-17(13-21)23-19(25-20)16-11-7-4-8-12-16/h3-12,18,22H,14H2,1-2H3. The van der Waals surface area contributed by atoms with Crippen LogP contribution >= 0.6 is 0 Å². The summed E-state index contributed by atoms with van der Waals surface area (Å²) < 4.78 is 5.79. The summed E-state index contributed by atoms with van der Waals surface area (Å²) in [7, 11) is 4.06. The Labute approximate surface area is 147 Å². The molecule has 3 rings (SSSR count). The summed E-state index contributed by atoms with van der Waals surface area (Å²) in [5.74, 6) is 0.852. The van der Waals surface area contributed by atoms with Crippen molar-refractivity contribution >= 4 is 5.88 Å². The largest absolute Gasteiger partial charge is 0.419 e. The van der Waals surface area contributed by atoms with Crippen LogP contribution < -0.4 is 5.32 Å². The molecule has 1 aromatic heterocycles. The highest BCUT2D eigenvalue weighted by Gasteiger charge is 2.18. The fraction of sp³-hybridized carbons (Fsp3) is 0.200. The van der Waals surface area contributed by atoms with Gasteiger partial charge in [0, 0.05) is 12.1 Å². The number of hydrogen-bond donors (Lipinski definition) is 1. The van der Waals surface area contributed by atoms with Crippen molar-refractivity contribution in [1.29, 1.82) is 5.26 Å². The number of anilines is 1. The van der Waals surface area contributed by atoms with Crippen molar-refractivity contribution in [3.8, 4) is 17.5 Å². The molecule has 0 bridgehead atoms. The highest BCUT2D eigenvalue weighted by Crippen LogP contribution is 2.26. The van der Waals surface area contributed by atoms with E-state index in [-0.39, 0.29) is 11.7 Å². The van der Waals surface area contributed by atoms with Crippen LogP contribution in [0.3, 0.4) is 0 Å². The number of hydrogen-bond acceptors (Lipinski definition) is 5. The first-order valence-corrected chi connectivity index (χ1v) is 8.10. The number of aromatic nitrogens is 1. The molecule has 1 unspecified atom stereocenters. The maximum atomic E-state index is 9.35. The molecule has 0 fully saturated rings. The Morgan fingerprint density at radius 2 is 1.72 bits per heavy atom. The third kappa shape index (κ3) is 3.87. The highest BCUT2D eigenvalue weighted by atomic mass is 16.4. The van der Waals surface area contributed by atoms with Gasteiger partial charge in [0.2, 0.25) is 17.5 Å². The van der Waals surface area contributed by atoms with Gasteiger partial charge in [0.1, 0.15) is 6.07 Å². The predicted octanol–water partition coefficient (Wildman–Crippen LogP) is 3.93. The van der Waals surface area contributed by atoms with Crippen LogP contribution in [0.1, 0.15) is 17.3 Å². The van der Waals surface area contributed by atoms with Gasteiger partial charge in [-0.25, -0.2) is 0 Å². The average molecular weight is 332 g/mol. The van der Waals surface area contributed by atoms with Gasteiger partial charge in [0.15, 0.2) is 0 Å². The summed E-state index contributed by atoms with van der Waals surface area (Å²) in [5.41, 5.74) is 2.31. The fourth-order valence-corrected chi connectivity index (χ4v) is 2.68. The molecule has 5 nitrogen and oxygen atoms in total. The quantitative estimate of drug-likeness (QED) is 0.741. The molecule has 0 saturated carbocycles. The lowest BCUT2D eigenvalue weighted by molar-refractivity contribution is 0.310. The smallest absolute Gasteiger partial charge is 0.232 e. The Morgan fingerprint density at radius 3 is 2.32 bits per heavy atom. The maximum Gasteiger partial charge on any atom is 0.232 e. The van der Waals surface area contributed by atoms with Gasteiger partial charge in [-0.2, -0.15) is 10.2 Å². The Hall–Kier alpha value is -3.10. The van der Waals surface area contributed by atoms with E-state index in [0.29, 0.717) is 18.3 Å². The maximum absolute atomic E-state index is 9.35. The highest BCUT2D eigenvalue weighted by molar-refractivity contribution is 5.58. The van der Waals surface area contributed by atoms with E-state index in [1.165, 1.54) is 5.56 Å². The van der Waals surface area contributed by atoms with Crippen LogP contribution in [0.2, 0.25) is 0 Å². The van der Waals surface area contributed by atoms with Gasteiger partial charge in [-0.1, -0.05) is 48.5 Å². The minimum atomic E-state index is 0.151. The van der Waals surface area contributed by atoms with E-state index in [0.717, 1.165) is 5.56 Å². The van der Waals surface area contributed by atoms with Crippen LogP contribution in [0.5, 0.6) is 0 Å². The molecule has 25 heavy (non-hydrogen) atoms. The fourth-order valence-electron chi connectivity index (χ4n) is 2.68. The van der Waals surface area contributed by atoms with Crippen molar-refractivity contribution in [2.45, 2.75) is 6.04 Å². The zero-order valence-electron chi connectivity index (χ0n) is 14.3. The van der Waals surface area contributed by atoms with Crippen molar-refractivity contribution < 1.29 is 4.42 Å². The van der Waals surface area contributed by atoms with Crippen LogP contribution in [0.25, 0.3) is 11.5 Å². The van der Waals surface area contributed by atoms with Crippen LogP contribution in [0.15, 0.2) is 65.1 Å². The monoisotopic (exact) mass is 332 g/mol. The van der Waals surface area contributed by atoms with Crippen molar-refractivity contribution in [3.05, 3.63) is 71.9 Å². The Kier molecular flexibility index (Phi) is 5.12. The van der Waals surface area contributed by atoms with Gasteiger partial charge < -0.3 is 14.6 Å². The van der Waals surface area contributed by atoms with Crippen molar-refractivity contribution in [2.24, 2.45) is 0 Å². The zero-order valence-corrected chi connectivity index (χ0v) is 14.3. The van der Waals surface area contributed by atoms with Crippen LogP contribution in [-0.4, -0.2) is 30.5 Å². The molecule has 2 aromatic carbocycles. The molecule has 1 atom stereocenters. The first-order chi connectivity index (χ1) is 12.2. The summed E-state index contributed by atoms with van der Waals surface area (Å²) in [5, 5.41) is 12.6. The van der Waals surface area contributed by atoms with Crippen LogP contribution in [0.4, 0.5) is 5.88 Å². The van der Waals surface area contributed by atoms with Gasteiger partial charge in [-0.15, -0.1) is 0 Å². The number of nitrogens with one attached hydrogen (secondary N) is 1. The predicted molar refractivity (Wildman–Crippen MR) is 98.0 cm³/mol. The van der Waals surface area contributed by atoms with E-state index in [2.05, 4.69) is 33.4 Å². The van der Waals surface area contributed by atoms with E-state index in [9.17, 15) is 5.26 Å². The molecule has 0 spiro atoms. The zero-order chi connectivity index (χ0) is 17.6. The van der Waals surface area contributed by atoms with Crippen LogP contribution in [0, 0.1) is 11.3 Å². The Morgan fingerprint density at radius 1 is 1.08 bits per heavy atom. The van der Waals surface area contributed by atoms with E-state index in [4.69, 9.17) is 4.42 Å². The first-order valence-electron chi connectivity index (χ1n) is 8.10. The number of nitrogens with zero attached hydrogens (tertiary/aromatic N) is 3. The molecule has 0 aliphatic carbocycles. The second-order valence-corrected chi connectivity index (χ2v) is 5.95. The second-order valence-electron chi connectivity index (χ2n) is 5.95. The number of benzene rings is 2. The Balaban J connectivity index is 1.80. The van der Waals surface area contributed by atoms with Gasteiger partial charge in [0.05, 0.1) is 6.04 Å². The molecular weight excluding hydrogens is 312 g/mol. The minimum Gasteiger partial charge on any atom is -0.419 e. The number of oxazole rings is 1. The third-order valence-electron chi connectivity index (χ3n) is 4.02. The molecular formula is C20H20N4O. The molecule has 1 N–H and O–H groups in total. The van der Waals surface area contributed by atoms with Crippen LogP contribution in [-0.2, 0) is 0 Å². The topological polar surface area (TPSA) is 65.1 Å². The SMILES string of the molecule is CN(C)C(CNc1oc(-c2ccccc2)nc1C#N)c1ccccc1. The third-order valence-corrected chi connectivity index (χ3v) is 4.02. The van der Waals surface area contributed by atoms with E-state index in [1.54, 1.807) is 0 Å². The van der Waals surface area contributed by atoms with E-state index >= 15 is 0 Å². The van der Waals surface area contributed by atoms with E-state index in [1.807, 2.05) is 62.6 Å². The van der Waals surface area contributed by atoms with Crippen molar-refractivity contribution in [2.75, 3.05) is 26.0 Å². The molecule has 1 heterocycles. The summed E-state index contributed by atoms with van der Waals surface area (Å²) in [6.07, 6.45) is 0. The van der Waals surface area contributed by atoms with E-state index < -0.39 is 0 Å². The number of rotatable bonds is 6. The molecule has 5 heteroatoms.